The molecule has 1 rings (SSSR count). The first-order chi connectivity index (χ1) is 10.4. The van der Waals surface area contributed by atoms with Gasteiger partial charge >= 0.3 is 5.97 Å². The summed E-state index contributed by atoms with van der Waals surface area (Å²) in [6.45, 7) is 1.79. The number of likely N-dealkylation sites (N-methyl/N-ethyl adjacent to an activating group) is 1. The van der Waals surface area contributed by atoms with E-state index in [1.807, 2.05) is 0 Å². The fourth-order valence-corrected chi connectivity index (χ4v) is 3.97. The Bertz CT molecular complexity index is 580. The molecule has 0 heterocycles. The molecule has 1 aromatic carbocycles. The number of ketones is 1. The fourth-order valence-electron chi connectivity index (χ4n) is 1.65. The second kappa shape index (κ2) is 8.76. The summed E-state index contributed by atoms with van der Waals surface area (Å²) in [5.74, 6) is -0.716. The van der Waals surface area contributed by atoms with E-state index in [0.29, 0.717) is 17.1 Å². The third-order valence-corrected chi connectivity index (χ3v) is 5.24. The fraction of sp³-hybridized carbons (Fsp3) is 0.385. The van der Waals surface area contributed by atoms with Gasteiger partial charge in [-0.25, -0.2) is 4.79 Å². The largest absolute Gasteiger partial charge is 0.477 e. The van der Waals surface area contributed by atoms with E-state index in [1.54, 1.807) is 14.0 Å². The van der Waals surface area contributed by atoms with E-state index in [-0.39, 0.29) is 17.4 Å². The first kappa shape index (κ1) is 18.5. The molecule has 0 radical (unpaired) electrons. The summed E-state index contributed by atoms with van der Waals surface area (Å²) in [4.78, 5) is 33.3. The summed E-state index contributed by atoms with van der Waals surface area (Å²) in [6, 6.07) is 3.69. The van der Waals surface area contributed by atoms with Gasteiger partial charge < -0.3 is 10.4 Å². The van der Waals surface area contributed by atoms with Crippen LogP contribution in [0.4, 0.5) is 5.69 Å². The standard InChI is InChI=1S/C13H16N2O5S2/c1-3-12(16)10(14-2)7-21-22-8-4-5-11(15(19)20)9(6-8)13(17)18/h4-6,10,14H,3,7H2,1-2H3,(H,17,18)/t10-/m0/s1. The zero-order valence-electron chi connectivity index (χ0n) is 12.1. The maximum Gasteiger partial charge on any atom is 0.342 e. The predicted octanol–water partition coefficient (Wildman–Crippen LogP) is 2.60. The number of Topliss-reactive ketones (excluding diaryl/α,β-unsaturated/α-hetero) is 1. The highest BCUT2D eigenvalue weighted by atomic mass is 33.1. The van der Waals surface area contributed by atoms with Gasteiger partial charge in [0.2, 0.25) is 0 Å². The molecular formula is C13H16N2O5S2. The van der Waals surface area contributed by atoms with Crippen LogP contribution in [0, 0.1) is 10.1 Å². The second-order valence-corrected chi connectivity index (χ2v) is 6.68. The van der Waals surface area contributed by atoms with Crippen molar-refractivity contribution in [2.75, 3.05) is 12.8 Å². The van der Waals surface area contributed by atoms with Crippen molar-refractivity contribution in [1.29, 1.82) is 0 Å². The van der Waals surface area contributed by atoms with Gasteiger partial charge in [0.1, 0.15) is 11.3 Å². The van der Waals surface area contributed by atoms with E-state index in [9.17, 15) is 19.7 Å². The number of nitro benzene ring substituents is 1. The predicted molar refractivity (Wildman–Crippen MR) is 86.5 cm³/mol. The maximum absolute atomic E-state index is 11.6. The zero-order chi connectivity index (χ0) is 16.7. The van der Waals surface area contributed by atoms with Gasteiger partial charge in [0.25, 0.3) is 5.69 Å². The summed E-state index contributed by atoms with van der Waals surface area (Å²) in [5.41, 5.74) is -0.776. The Morgan fingerprint density at radius 2 is 2.14 bits per heavy atom. The Kier molecular flexibility index (Phi) is 7.36. The van der Waals surface area contributed by atoms with Crippen LogP contribution in [0.1, 0.15) is 23.7 Å². The van der Waals surface area contributed by atoms with Crippen molar-refractivity contribution >= 4 is 39.0 Å². The lowest BCUT2D eigenvalue weighted by Crippen LogP contribution is -2.35. The highest BCUT2D eigenvalue weighted by Gasteiger charge is 2.20. The smallest absolute Gasteiger partial charge is 0.342 e. The zero-order valence-corrected chi connectivity index (χ0v) is 13.7. The second-order valence-electron chi connectivity index (χ2n) is 4.27. The molecule has 0 aliphatic rings. The van der Waals surface area contributed by atoms with E-state index >= 15 is 0 Å². The van der Waals surface area contributed by atoms with Crippen LogP contribution in [0.3, 0.4) is 0 Å². The van der Waals surface area contributed by atoms with Crippen LogP contribution in [-0.2, 0) is 4.79 Å². The van der Waals surface area contributed by atoms with Gasteiger partial charge in [0.15, 0.2) is 0 Å². The summed E-state index contributed by atoms with van der Waals surface area (Å²) < 4.78 is 0. The Balaban J connectivity index is 2.75. The van der Waals surface area contributed by atoms with Gasteiger partial charge in [0, 0.05) is 23.1 Å². The molecule has 2 N–H and O–H groups in total. The lowest BCUT2D eigenvalue weighted by molar-refractivity contribution is -0.385. The molecule has 0 unspecified atom stereocenters. The van der Waals surface area contributed by atoms with Gasteiger partial charge in [-0.1, -0.05) is 28.5 Å². The SMILES string of the molecule is CCC(=O)[C@H](CSSc1ccc([N+](=O)[O-])c(C(=O)O)c1)NC. The van der Waals surface area contributed by atoms with E-state index in [2.05, 4.69) is 5.32 Å². The number of nitrogens with zero attached hydrogens (tertiary/aromatic N) is 1. The van der Waals surface area contributed by atoms with Crippen molar-refractivity contribution in [2.24, 2.45) is 0 Å². The third-order valence-electron chi connectivity index (χ3n) is 2.87. The molecule has 1 atom stereocenters. The summed E-state index contributed by atoms with van der Waals surface area (Å²) in [6.07, 6.45) is 0.442. The number of nitrogens with one attached hydrogen (secondary N) is 1. The first-order valence-electron chi connectivity index (χ1n) is 6.41. The Morgan fingerprint density at radius 3 is 2.64 bits per heavy atom. The normalized spacial score (nSPS) is 11.9. The number of carboxylic acid groups (broad SMARTS) is 1. The lowest BCUT2D eigenvalue weighted by atomic mass is 10.2. The average Bonchev–Trinajstić information content (AvgIpc) is 2.50. The molecule has 0 bridgehead atoms. The molecule has 120 valence electrons. The molecule has 0 fully saturated rings. The molecule has 1 aromatic rings. The molecule has 0 aliphatic heterocycles. The van der Waals surface area contributed by atoms with E-state index in [0.717, 1.165) is 0 Å². The Morgan fingerprint density at radius 1 is 1.45 bits per heavy atom. The highest BCUT2D eigenvalue weighted by molar-refractivity contribution is 8.76. The number of hydrogen-bond acceptors (Lipinski definition) is 7. The van der Waals surface area contributed by atoms with Gasteiger partial charge in [0.05, 0.1) is 11.0 Å². The van der Waals surface area contributed by atoms with Crippen LogP contribution in [-0.4, -0.2) is 40.6 Å². The molecule has 0 aliphatic carbocycles. The molecule has 0 aromatic heterocycles. The number of carbonyl (C=O) groups excluding carboxylic acids is 1. The number of carbonyl (C=O) groups is 2. The summed E-state index contributed by atoms with van der Waals surface area (Å²) in [5, 5.41) is 22.7. The van der Waals surface area contributed by atoms with Gasteiger partial charge in [-0.2, -0.15) is 0 Å². The minimum atomic E-state index is -1.34. The number of rotatable bonds is 9. The van der Waals surface area contributed by atoms with Crippen LogP contribution < -0.4 is 5.32 Å². The van der Waals surface area contributed by atoms with Crippen molar-refractivity contribution in [3.05, 3.63) is 33.9 Å². The molecular weight excluding hydrogens is 328 g/mol. The number of aromatic carboxylic acids is 1. The molecule has 22 heavy (non-hydrogen) atoms. The van der Waals surface area contributed by atoms with Crippen LogP contribution in [0.2, 0.25) is 0 Å². The van der Waals surface area contributed by atoms with Gasteiger partial charge in [-0.15, -0.1) is 0 Å². The first-order valence-corrected chi connectivity index (χ1v) is 8.73. The Hall–Kier alpha value is -1.58. The summed E-state index contributed by atoms with van der Waals surface area (Å²) >= 11 is 0. The number of hydrogen-bond donors (Lipinski definition) is 2. The number of carboxylic acids is 1. The van der Waals surface area contributed by atoms with Crippen molar-refractivity contribution in [3.8, 4) is 0 Å². The van der Waals surface area contributed by atoms with Crippen molar-refractivity contribution in [2.45, 2.75) is 24.3 Å². The quantitative estimate of drug-likeness (QED) is 0.400. The minimum absolute atomic E-state index is 0.102. The van der Waals surface area contributed by atoms with Crippen LogP contribution in [0.5, 0.6) is 0 Å². The minimum Gasteiger partial charge on any atom is -0.477 e. The molecule has 0 spiro atoms. The van der Waals surface area contributed by atoms with Gasteiger partial charge in [-0.05, 0) is 19.2 Å². The lowest BCUT2D eigenvalue weighted by Gasteiger charge is -2.13. The molecule has 0 amide bonds. The van der Waals surface area contributed by atoms with Crippen LogP contribution in [0.25, 0.3) is 0 Å². The number of nitro groups is 1. The molecule has 0 saturated heterocycles. The van der Waals surface area contributed by atoms with Gasteiger partial charge in [-0.3, -0.25) is 14.9 Å². The molecule has 0 saturated carbocycles. The van der Waals surface area contributed by atoms with Crippen molar-refractivity contribution in [1.82, 2.24) is 5.32 Å². The van der Waals surface area contributed by atoms with E-state index in [4.69, 9.17) is 5.11 Å². The maximum atomic E-state index is 11.6. The van der Waals surface area contributed by atoms with E-state index < -0.39 is 16.6 Å². The van der Waals surface area contributed by atoms with Crippen molar-refractivity contribution in [3.63, 3.8) is 0 Å². The third kappa shape index (κ3) is 5.00. The molecule has 7 nitrogen and oxygen atoms in total. The van der Waals surface area contributed by atoms with Crippen molar-refractivity contribution < 1.29 is 19.6 Å². The summed E-state index contributed by atoms with van der Waals surface area (Å²) in [7, 11) is 4.38. The highest BCUT2D eigenvalue weighted by Crippen LogP contribution is 2.34. The average molecular weight is 344 g/mol. The van der Waals surface area contributed by atoms with Crippen LogP contribution in [0.15, 0.2) is 23.1 Å². The monoisotopic (exact) mass is 344 g/mol. The Labute approximate surface area is 135 Å². The van der Waals surface area contributed by atoms with E-state index in [1.165, 1.54) is 39.8 Å². The molecule has 9 heteroatoms. The topological polar surface area (TPSA) is 110 Å². The number of benzene rings is 1. The van der Waals surface area contributed by atoms with Crippen LogP contribution >= 0.6 is 21.6 Å².